The Bertz CT molecular complexity index is 690. The number of aryl methyl sites for hydroxylation is 1. The summed E-state index contributed by atoms with van der Waals surface area (Å²) in [4.78, 5) is 16.3. The van der Waals surface area contributed by atoms with Crippen LogP contribution < -0.4 is 5.32 Å². The van der Waals surface area contributed by atoms with Crippen LogP contribution in [0.5, 0.6) is 0 Å². The molecule has 0 bridgehead atoms. The number of nitrogens with zero attached hydrogens (tertiary/aromatic N) is 3. The van der Waals surface area contributed by atoms with E-state index >= 15 is 0 Å². The summed E-state index contributed by atoms with van der Waals surface area (Å²) in [6.45, 7) is 4.38. The number of hydrogen-bond donors (Lipinski definition) is 1. The topological polar surface area (TPSA) is 69.0 Å². The SMILES string of the molecule is Cc1nn(-c2ccc(NC(=O)[C@H]3CCCO3)cn2)c(C)c1Cl. The second kappa shape index (κ2) is 6.06. The standard InChI is InChI=1S/C15H17ClN4O2/c1-9-14(16)10(2)20(19-9)13-6-5-11(8-17-13)18-15(21)12-4-3-7-22-12/h5-6,8,12H,3-4,7H2,1-2H3,(H,18,21)/t12-/m1/s1. The zero-order valence-electron chi connectivity index (χ0n) is 12.5. The van der Waals surface area contributed by atoms with Crippen molar-refractivity contribution in [2.45, 2.75) is 32.8 Å². The summed E-state index contributed by atoms with van der Waals surface area (Å²) in [6, 6.07) is 3.58. The van der Waals surface area contributed by atoms with Crippen LogP contribution in [-0.2, 0) is 9.53 Å². The fourth-order valence-corrected chi connectivity index (χ4v) is 2.56. The number of aromatic nitrogens is 3. The summed E-state index contributed by atoms with van der Waals surface area (Å²) in [7, 11) is 0. The largest absolute Gasteiger partial charge is 0.368 e. The smallest absolute Gasteiger partial charge is 0.253 e. The first-order valence-corrected chi connectivity index (χ1v) is 7.54. The van der Waals surface area contributed by atoms with E-state index in [2.05, 4.69) is 15.4 Å². The quantitative estimate of drug-likeness (QED) is 0.944. The minimum atomic E-state index is -0.352. The van der Waals surface area contributed by atoms with Gasteiger partial charge in [0.15, 0.2) is 5.82 Å². The van der Waals surface area contributed by atoms with E-state index in [1.807, 2.05) is 13.8 Å². The third kappa shape index (κ3) is 2.84. The Hall–Kier alpha value is -1.92. The second-order valence-corrected chi connectivity index (χ2v) is 5.67. The molecule has 116 valence electrons. The van der Waals surface area contributed by atoms with E-state index in [9.17, 15) is 4.79 Å². The molecule has 6 nitrogen and oxygen atoms in total. The third-order valence-corrected chi connectivity index (χ3v) is 4.20. The van der Waals surface area contributed by atoms with E-state index in [-0.39, 0.29) is 12.0 Å². The van der Waals surface area contributed by atoms with Crippen LogP contribution in [0.2, 0.25) is 5.02 Å². The van der Waals surface area contributed by atoms with Crippen molar-refractivity contribution < 1.29 is 9.53 Å². The molecule has 3 rings (SSSR count). The molecule has 0 aliphatic carbocycles. The summed E-state index contributed by atoms with van der Waals surface area (Å²) >= 11 is 6.14. The molecule has 1 aliphatic rings. The molecule has 3 heterocycles. The lowest BCUT2D eigenvalue weighted by atomic mass is 10.2. The lowest BCUT2D eigenvalue weighted by Crippen LogP contribution is -2.26. The van der Waals surface area contributed by atoms with E-state index in [4.69, 9.17) is 16.3 Å². The summed E-state index contributed by atoms with van der Waals surface area (Å²) in [6.07, 6.45) is 2.94. The van der Waals surface area contributed by atoms with Gasteiger partial charge in [0.2, 0.25) is 0 Å². The van der Waals surface area contributed by atoms with Crippen molar-refractivity contribution in [3.8, 4) is 5.82 Å². The Morgan fingerprint density at radius 3 is 2.82 bits per heavy atom. The molecule has 1 saturated heterocycles. The predicted octanol–water partition coefficient (Wildman–Crippen LogP) is 2.66. The number of amides is 1. The Labute approximate surface area is 133 Å². The molecule has 2 aromatic rings. The van der Waals surface area contributed by atoms with Crippen LogP contribution in [-0.4, -0.2) is 33.4 Å². The second-order valence-electron chi connectivity index (χ2n) is 5.29. The van der Waals surface area contributed by atoms with Gasteiger partial charge in [-0.25, -0.2) is 9.67 Å². The highest BCUT2D eigenvalue weighted by Crippen LogP contribution is 2.22. The van der Waals surface area contributed by atoms with Gasteiger partial charge < -0.3 is 10.1 Å². The van der Waals surface area contributed by atoms with Crippen LogP contribution in [0.4, 0.5) is 5.69 Å². The van der Waals surface area contributed by atoms with Crippen molar-refractivity contribution in [3.63, 3.8) is 0 Å². The Balaban J connectivity index is 1.75. The van der Waals surface area contributed by atoms with Crippen molar-refractivity contribution in [2.24, 2.45) is 0 Å². The zero-order valence-corrected chi connectivity index (χ0v) is 13.2. The molecule has 0 spiro atoms. The lowest BCUT2D eigenvalue weighted by molar-refractivity contribution is -0.124. The fraction of sp³-hybridized carbons (Fsp3) is 0.400. The Morgan fingerprint density at radius 1 is 1.45 bits per heavy atom. The number of rotatable bonds is 3. The van der Waals surface area contributed by atoms with Crippen molar-refractivity contribution in [1.82, 2.24) is 14.8 Å². The Kier molecular flexibility index (Phi) is 4.13. The molecule has 0 unspecified atom stereocenters. The first-order valence-electron chi connectivity index (χ1n) is 7.17. The highest BCUT2D eigenvalue weighted by molar-refractivity contribution is 6.31. The number of pyridine rings is 1. The van der Waals surface area contributed by atoms with Crippen LogP contribution in [0.25, 0.3) is 5.82 Å². The maximum atomic E-state index is 12.0. The number of nitrogens with one attached hydrogen (secondary N) is 1. The maximum Gasteiger partial charge on any atom is 0.253 e. The van der Waals surface area contributed by atoms with Gasteiger partial charge in [0.25, 0.3) is 5.91 Å². The molecule has 7 heteroatoms. The molecule has 2 aromatic heterocycles. The van der Waals surface area contributed by atoms with Crippen LogP contribution in [0.15, 0.2) is 18.3 Å². The number of hydrogen-bond acceptors (Lipinski definition) is 4. The van der Waals surface area contributed by atoms with Gasteiger partial charge in [-0.05, 0) is 38.8 Å². The summed E-state index contributed by atoms with van der Waals surface area (Å²) in [5.74, 6) is 0.531. The molecule has 0 aromatic carbocycles. The monoisotopic (exact) mass is 320 g/mol. The van der Waals surface area contributed by atoms with Gasteiger partial charge in [0, 0.05) is 6.61 Å². The summed E-state index contributed by atoms with van der Waals surface area (Å²) < 4.78 is 7.03. The fourth-order valence-electron chi connectivity index (χ4n) is 2.44. The maximum absolute atomic E-state index is 12.0. The van der Waals surface area contributed by atoms with E-state index in [1.54, 1.807) is 23.0 Å². The van der Waals surface area contributed by atoms with Gasteiger partial charge in [-0.3, -0.25) is 4.79 Å². The third-order valence-electron chi connectivity index (χ3n) is 3.66. The normalized spacial score (nSPS) is 17.7. The molecule has 1 N–H and O–H groups in total. The van der Waals surface area contributed by atoms with Gasteiger partial charge in [-0.1, -0.05) is 11.6 Å². The molecule has 1 atom stereocenters. The first kappa shape index (κ1) is 15.0. The minimum absolute atomic E-state index is 0.124. The van der Waals surface area contributed by atoms with Crippen LogP contribution in [0.1, 0.15) is 24.2 Å². The number of anilines is 1. The van der Waals surface area contributed by atoms with Gasteiger partial charge in [-0.15, -0.1) is 0 Å². The predicted molar refractivity (Wildman–Crippen MR) is 83.4 cm³/mol. The molecule has 1 fully saturated rings. The van der Waals surface area contributed by atoms with Gasteiger partial charge >= 0.3 is 0 Å². The van der Waals surface area contributed by atoms with Crippen molar-refractivity contribution >= 4 is 23.2 Å². The number of carbonyl (C=O) groups excluding carboxylic acids is 1. The van der Waals surface area contributed by atoms with Crippen LogP contribution >= 0.6 is 11.6 Å². The van der Waals surface area contributed by atoms with Crippen LogP contribution in [0.3, 0.4) is 0 Å². The molecular weight excluding hydrogens is 304 g/mol. The lowest BCUT2D eigenvalue weighted by Gasteiger charge is -2.10. The summed E-state index contributed by atoms with van der Waals surface area (Å²) in [5.41, 5.74) is 2.23. The highest BCUT2D eigenvalue weighted by Gasteiger charge is 2.23. The van der Waals surface area contributed by atoms with E-state index < -0.39 is 0 Å². The molecule has 22 heavy (non-hydrogen) atoms. The van der Waals surface area contributed by atoms with E-state index in [1.165, 1.54) is 0 Å². The molecule has 0 radical (unpaired) electrons. The van der Waals surface area contributed by atoms with Gasteiger partial charge in [-0.2, -0.15) is 5.10 Å². The molecule has 0 saturated carbocycles. The van der Waals surface area contributed by atoms with E-state index in [0.717, 1.165) is 24.2 Å². The summed E-state index contributed by atoms with van der Waals surface area (Å²) in [5, 5.41) is 7.80. The van der Waals surface area contributed by atoms with Gasteiger partial charge in [0.05, 0.1) is 28.3 Å². The minimum Gasteiger partial charge on any atom is -0.368 e. The first-order chi connectivity index (χ1) is 10.6. The molecule has 1 amide bonds. The van der Waals surface area contributed by atoms with E-state index in [0.29, 0.717) is 23.1 Å². The average Bonchev–Trinajstić information content (AvgIpc) is 3.13. The van der Waals surface area contributed by atoms with Gasteiger partial charge in [0.1, 0.15) is 6.10 Å². The average molecular weight is 321 g/mol. The molecule has 1 aliphatic heterocycles. The Morgan fingerprint density at radius 2 is 2.27 bits per heavy atom. The molecular formula is C15H17ClN4O2. The zero-order chi connectivity index (χ0) is 15.7. The number of carbonyl (C=O) groups is 1. The van der Waals surface area contributed by atoms with Crippen molar-refractivity contribution in [3.05, 3.63) is 34.7 Å². The number of ether oxygens (including phenoxy) is 1. The highest BCUT2D eigenvalue weighted by atomic mass is 35.5. The van der Waals surface area contributed by atoms with Crippen molar-refractivity contribution in [2.75, 3.05) is 11.9 Å². The number of halogens is 1. The van der Waals surface area contributed by atoms with Crippen molar-refractivity contribution in [1.29, 1.82) is 0 Å². The van der Waals surface area contributed by atoms with Crippen LogP contribution in [0, 0.1) is 13.8 Å².